The molecule has 0 saturated heterocycles. The molecule has 0 aromatic carbocycles. The zero-order chi connectivity index (χ0) is 11.1. The van der Waals surface area contributed by atoms with Crippen molar-refractivity contribution in [1.82, 2.24) is 0 Å². The number of aliphatic carboxylic acids is 1. The van der Waals surface area contributed by atoms with Gasteiger partial charge in [0.15, 0.2) is 0 Å². The molecule has 0 aliphatic heterocycles. The van der Waals surface area contributed by atoms with Crippen LogP contribution in [0, 0.1) is 11.3 Å². The number of nitriles is 1. The summed E-state index contributed by atoms with van der Waals surface area (Å²) in [5, 5.41) is 16.6. The van der Waals surface area contributed by atoms with Crippen molar-refractivity contribution in [3.05, 3.63) is 50.6 Å². The standard InChI is InChI=1S/C4H6.C3H3N.C3H4O2.Li/c1-3-4-2;1-2-3-4;1-2-3(4)5;/h3-4H,1-2H2;2H,1H2;2H,1H2,(H,4,5);/q;;;+1/p-1. The molecule has 0 saturated carbocycles. The minimum Gasteiger partial charge on any atom is -0.545 e. The van der Waals surface area contributed by atoms with Gasteiger partial charge in [0, 0.05) is 6.08 Å². The molecule has 0 rings (SSSR count). The molecule has 0 amide bonds. The molecule has 0 fully saturated rings. The summed E-state index contributed by atoms with van der Waals surface area (Å²) in [7, 11) is 0. The number of rotatable bonds is 2. The van der Waals surface area contributed by atoms with E-state index < -0.39 is 5.97 Å². The summed E-state index contributed by atoms with van der Waals surface area (Å²) in [6.45, 7) is 12.7. The van der Waals surface area contributed by atoms with Crippen LogP contribution in [0.15, 0.2) is 50.6 Å². The molecule has 4 heteroatoms. The van der Waals surface area contributed by atoms with Gasteiger partial charge in [0.1, 0.15) is 0 Å². The molecule has 0 aromatic rings. The van der Waals surface area contributed by atoms with Gasteiger partial charge in [0.25, 0.3) is 0 Å². The SMILES string of the molecule is C=CC#N.C=CC(=O)[O-].C=CC=C.[Li+]. The molecule has 0 atom stereocenters. The van der Waals surface area contributed by atoms with E-state index in [1.54, 1.807) is 18.2 Å². The first-order valence-electron chi connectivity index (χ1n) is 3.18. The van der Waals surface area contributed by atoms with Crippen molar-refractivity contribution in [3.8, 4) is 6.07 Å². The number of nitrogens with zero attached hydrogens (tertiary/aromatic N) is 1. The van der Waals surface area contributed by atoms with Crippen molar-refractivity contribution in [1.29, 1.82) is 5.26 Å². The van der Waals surface area contributed by atoms with Crippen LogP contribution in [0.25, 0.3) is 0 Å². The molecule has 70 valence electrons. The van der Waals surface area contributed by atoms with Crippen LogP contribution in [-0.4, -0.2) is 5.97 Å². The van der Waals surface area contributed by atoms with Gasteiger partial charge in [0.2, 0.25) is 0 Å². The normalized spacial score (nSPS) is 4.79. The number of carboxylic acids is 1. The Balaban J connectivity index is -0.0000000522. The summed E-state index contributed by atoms with van der Waals surface area (Å²) in [6.07, 6.45) is 5.18. The summed E-state index contributed by atoms with van der Waals surface area (Å²) in [5.74, 6) is -1.23. The van der Waals surface area contributed by atoms with Gasteiger partial charge >= 0.3 is 18.9 Å². The Bertz CT molecular complexity index is 211. The van der Waals surface area contributed by atoms with Crippen LogP contribution in [0.3, 0.4) is 0 Å². The van der Waals surface area contributed by atoms with Crippen molar-refractivity contribution < 1.29 is 28.8 Å². The summed E-state index contributed by atoms with van der Waals surface area (Å²) in [4.78, 5) is 9.14. The van der Waals surface area contributed by atoms with Crippen LogP contribution in [0.1, 0.15) is 0 Å². The first-order chi connectivity index (χ1) is 6.10. The van der Waals surface area contributed by atoms with E-state index in [9.17, 15) is 0 Å². The van der Waals surface area contributed by atoms with E-state index in [1.165, 1.54) is 6.08 Å². The van der Waals surface area contributed by atoms with Crippen LogP contribution in [0.4, 0.5) is 0 Å². The van der Waals surface area contributed by atoms with Gasteiger partial charge in [-0.25, -0.2) is 0 Å². The molecule has 0 aliphatic carbocycles. The summed E-state index contributed by atoms with van der Waals surface area (Å²) in [5.41, 5.74) is 0. The summed E-state index contributed by atoms with van der Waals surface area (Å²) < 4.78 is 0. The molecular formula is C10H12LiNO2. The molecule has 0 spiro atoms. The van der Waals surface area contributed by atoms with Crippen molar-refractivity contribution >= 4 is 5.97 Å². The Hall–Kier alpha value is -1.48. The zero-order valence-corrected chi connectivity index (χ0v) is 8.40. The monoisotopic (exact) mass is 185 g/mol. The molecule has 0 heterocycles. The van der Waals surface area contributed by atoms with Gasteiger partial charge in [-0.2, -0.15) is 5.26 Å². The third kappa shape index (κ3) is 150. The van der Waals surface area contributed by atoms with Crippen molar-refractivity contribution in [3.63, 3.8) is 0 Å². The van der Waals surface area contributed by atoms with Crippen molar-refractivity contribution in [2.45, 2.75) is 0 Å². The van der Waals surface area contributed by atoms with E-state index in [1.807, 2.05) is 0 Å². The Morgan fingerprint density at radius 1 is 1.21 bits per heavy atom. The maximum Gasteiger partial charge on any atom is 1.00 e. The number of allylic oxidation sites excluding steroid dienone is 3. The fourth-order valence-electron chi connectivity index (χ4n) is 0. The maximum atomic E-state index is 9.14. The quantitative estimate of drug-likeness (QED) is 0.216. The zero-order valence-electron chi connectivity index (χ0n) is 8.40. The number of carbonyl (C=O) groups excluding carboxylic acids is 1. The molecule has 0 N–H and O–H groups in total. The largest absolute Gasteiger partial charge is 1.00 e. The van der Waals surface area contributed by atoms with Crippen molar-refractivity contribution in [2.24, 2.45) is 0 Å². The van der Waals surface area contributed by atoms with Crippen LogP contribution in [0.2, 0.25) is 0 Å². The third-order valence-electron chi connectivity index (χ3n) is 0.425. The molecular weight excluding hydrogens is 173 g/mol. The fraction of sp³-hybridized carbons (Fsp3) is 0. The fourth-order valence-corrected chi connectivity index (χ4v) is 0. The number of carboxylic acid groups (broad SMARTS) is 1. The second kappa shape index (κ2) is 30.0. The minimum atomic E-state index is -1.23. The molecule has 0 radical (unpaired) electrons. The molecule has 0 aromatic heterocycles. The number of hydrogen-bond acceptors (Lipinski definition) is 3. The van der Waals surface area contributed by atoms with E-state index >= 15 is 0 Å². The molecule has 14 heavy (non-hydrogen) atoms. The Kier molecular flexibility index (Phi) is 49.0. The maximum absolute atomic E-state index is 9.14. The van der Waals surface area contributed by atoms with Gasteiger partial charge in [-0.05, 0) is 6.08 Å². The van der Waals surface area contributed by atoms with E-state index in [-0.39, 0.29) is 18.9 Å². The Morgan fingerprint density at radius 3 is 1.43 bits per heavy atom. The second-order valence-electron chi connectivity index (χ2n) is 1.33. The first-order valence-corrected chi connectivity index (χ1v) is 3.18. The predicted molar refractivity (Wildman–Crippen MR) is 51.4 cm³/mol. The molecule has 0 bridgehead atoms. The Labute approximate surface area is 96.9 Å². The van der Waals surface area contributed by atoms with Crippen LogP contribution >= 0.6 is 0 Å². The van der Waals surface area contributed by atoms with Gasteiger partial charge < -0.3 is 9.90 Å². The third-order valence-corrected chi connectivity index (χ3v) is 0.425. The van der Waals surface area contributed by atoms with Gasteiger partial charge in [0.05, 0.1) is 12.0 Å². The topological polar surface area (TPSA) is 63.9 Å². The van der Waals surface area contributed by atoms with Gasteiger partial charge in [-0.15, -0.1) is 0 Å². The van der Waals surface area contributed by atoms with Crippen LogP contribution in [-0.2, 0) is 4.79 Å². The molecule has 3 nitrogen and oxygen atoms in total. The Morgan fingerprint density at radius 2 is 1.43 bits per heavy atom. The van der Waals surface area contributed by atoms with Crippen LogP contribution in [0.5, 0.6) is 0 Å². The summed E-state index contributed by atoms with van der Waals surface area (Å²) >= 11 is 0. The summed E-state index contributed by atoms with van der Waals surface area (Å²) in [6, 6.07) is 1.69. The van der Waals surface area contributed by atoms with E-state index in [0.29, 0.717) is 0 Å². The second-order valence-corrected chi connectivity index (χ2v) is 1.33. The number of hydrogen-bond donors (Lipinski definition) is 0. The molecule has 0 unspecified atom stereocenters. The van der Waals surface area contributed by atoms with Gasteiger partial charge in [-0.1, -0.05) is 38.5 Å². The average Bonchev–Trinajstić information content (AvgIpc) is 2.18. The van der Waals surface area contributed by atoms with E-state index in [2.05, 4.69) is 26.3 Å². The minimum absolute atomic E-state index is 0. The van der Waals surface area contributed by atoms with Crippen LogP contribution < -0.4 is 24.0 Å². The first kappa shape index (κ1) is 22.9. The predicted octanol–water partition coefficient (Wildman–Crippen LogP) is -2.02. The average molecular weight is 185 g/mol. The van der Waals surface area contributed by atoms with Gasteiger partial charge in [-0.3, -0.25) is 0 Å². The molecule has 0 aliphatic rings. The number of carbonyl (C=O) groups is 1. The van der Waals surface area contributed by atoms with E-state index in [0.717, 1.165) is 6.08 Å². The smallest absolute Gasteiger partial charge is 0.545 e. The van der Waals surface area contributed by atoms with Crippen molar-refractivity contribution in [2.75, 3.05) is 0 Å². The van der Waals surface area contributed by atoms with E-state index in [4.69, 9.17) is 15.2 Å².